The van der Waals surface area contributed by atoms with Gasteiger partial charge in [0.25, 0.3) is 5.88 Å². The van der Waals surface area contributed by atoms with E-state index in [1.807, 2.05) is 18.2 Å². The van der Waals surface area contributed by atoms with Crippen molar-refractivity contribution in [1.29, 1.82) is 0 Å². The Labute approximate surface area is 162 Å². The second kappa shape index (κ2) is 8.26. The summed E-state index contributed by atoms with van der Waals surface area (Å²) in [5, 5.41) is 4.15. The molecule has 8 heteroatoms. The van der Waals surface area contributed by atoms with E-state index in [0.29, 0.717) is 36.2 Å². The van der Waals surface area contributed by atoms with E-state index in [0.717, 1.165) is 37.4 Å². The van der Waals surface area contributed by atoms with Crippen LogP contribution in [0.3, 0.4) is 0 Å². The SMILES string of the molecule is CC(=O)c1cc2cccc(OCCOc3nccnc3N3CCNCC3)c2o1. The number of anilines is 1. The van der Waals surface area contributed by atoms with Gasteiger partial charge in [0.15, 0.2) is 28.7 Å². The summed E-state index contributed by atoms with van der Waals surface area (Å²) in [7, 11) is 0. The summed E-state index contributed by atoms with van der Waals surface area (Å²) in [6.07, 6.45) is 3.29. The number of hydrogen-bond donors (Lipinski definition) is 1. The minimum absolute atomic E-state index is 0.117. The van der Waals surface area contributed by atoms with Gasteiger partial charge in [0.2, 0.25) is 0 Å². The van der Waals surface area contributed by atoms with E-state index in [1.165, 1.54) is 6.92 Å². The molecule has 0 spiro atoms. The van der Waals surface area contributed by atoms with Crippen molar-refractivity contribution in [2.45, 2.75) is 6.92 Å². The number of carbonyl (C=O) groups excluding carboxylic acids is 1. The zero-order chi connectivity index (χ0) is 19.3. The molecule has 1 aliphatic rings. The number of Topliss-reactive ketones (excluding diaryl/α,β-unsaturated/α-hetero) is 1. The second-order valence-corrected chi connectivity index (χ2v) is 6.46. The third kappa shape index (κ3) is 3.91. The first-order valence-electron chi connectivity index (χ1n) is 9.28. The zero-order valence-electron chi connectivity index (χ0n) is 15.7. The van der Waals surface area contributed by atoms with E-state index in [1.54, 1.807) is 18.5 Å². The number of ether oxygens (including phenoxy) is 2. The number of hydrogen-bond acceptors (Lipinski definition) is 8. The third-order valence-corrected chi connectivity index (χ3v) is 4.50. The maximum absolute atomic E-state index is 11.5. The predicted molar refractivity (Wildman–Crippen MR) is 104 cm³/mol. The molecule has 0 amide bonds. The average Bonchev–Trinajstić information content (AvgIpc) is 3.18. The number of nitrogens with one attached hydrogen (secondary N) is 1. The molecule has 3 aromatic rings. The van der Waals surface area contributed by atoms with Crippen LogP contribution < -0.4 is 19.7 Å². The fraction of sp³-hybridized carbons (Fsp3) is 0.350. The van der Waals surface area contributed by atoms with Gasteiger partial charge in [0, 0.05) is 50.9 Å². The molecule has 0 unspecified atom stereocenters. The minimum Gasteiger partial charge on any atom is -0.486 e. The van der Waals surface area contributed by atoms with Gasteiger partial charge >= 0.3 is 0 Å². The molecule has 1 aromatic carbocycles. The number of piperazine rings is 1. The molecule has 0 saturated carbocycles. The second-order valence-electron chi connectivity index (χ2n) is 6.46. The van der Waals surface area contributed by atoms with Crippen molar-refractivity contribution < 1.29 is 18.7 Å². The van der Waals surface area contributed by atoms with Crippen LogP contribution in [0.25, 0.3) is 11.0 Å². The van der Waals surface area contributed by atoms with E-state index in [-0.39, 0.29) is 5.78 Å². The number of carbonyl (C=O) groups is 1. The Kier molecular flexibility index (Phi) is 5.38. The van der Waals surface area contributed by atoms with Crippen LogP contribution in [0, 0.1) is 0 Å². The predicted octanol–water partition coefficient (Wildman–Crippen LogP) is 2.29. The van der Waals surface area contributed by atoms with Crippen molar-refractivity contribution in [3.63, 3.8) is 0 Å². The molecule has 0 atom stereocenters. The molecule has 1 saturated heterocycles. The van der Waals surface area contributed by atoms with Crippen LogP contribution in [0.2, 0.25) is 0 Å². The number of ketones is 1. The van der Waals surface area contributed by atoms with E-state index in [4.69, 9.17) is 13.9 Å². The molecule has 28 heavy (non-hydrogen) atoms. The lowest BCUT2D eigenvalue weighted by Gasteiger charge is -2.28. The Morgan fingerprint density at radius 3 is 2.79 bits per heavy atom. The molecule has 1 aliphatic heterocycles. The van der Waals surface area contributed by atoms with Gasteiger partial charge in [-0.15, -0.1) is 0 Å². The number of fused-ring (bicyclic) bond motifs is 1. The third-order valence-electron chi connectivity index (χ3n) is 4.50. The first-order chi connectivity index (χ1) is 13.7. The van der Waals surface area contributed by atoms with Crippen LogP contribution in [0.15, 0.2) is 41.1 Å². The van der Waals surface area contributed by atoms with Gasteiger partial charge in [-0.1, -0.05) is 12.1 Å². The Balaban J connectivity index is 1.39. The molecule has 8 nitrogen and oxygen atoms in total. The van der Waals surface area contributed by atoms with Gasteiger partial charge in [0.05, 0.1) is 0 Å². The number of aromatic nitrogens is 2. The quantitative estimate of drug-likeness (QED) is 0.492. The molecule has 0 aliphatic carbocycles. The average molecular weight is 382 g/mol. The summed E-state index contributed by atoms with van der Waals surface area (Å²) >= 11 is 0. The smallest absolute Gasteiger partial charge is 0.257 e. The van der Waals surface area contributed by atoms with E-state index in [2.05, 4.69) is 20.2 Å². The summed E-state index contributed by atoms with van der Waals surface area (Å²) in [4.78, 5) is 22.4. The van der Waals surface area contributed by atoms with E-state index >= 15 is 0 Å². The van der Waals surface area contributed by atoms with E-state index in [9.17, 15) is 4.79 Å². The lowest BCUT2D eigenvalue weighted by atomic mass is 10.2. The molecule has 3 heterocycles. The molecule has 1 N–H and O–H groups in total. The van der Waals surface area contributed by atoms with Crippen LogP contribution in [-0.2, 0) is 0 Å². The number of furan rings is 1. The maximum Gasteiger partial charge on any atom is 0.257 e. The number of benzene rings is 1. The molecule has 0 bridgehead atoms. The fourth-order valence-corrected chi connectivity index (χ4v) is 3.13. The van der Waals surface area contributed by atoms with Crippen molar-refractivity contribution in [3.8, 4) is 11.6 Å². The highest BCUT2D eigenvalue weighted by molar-refractivity contribution is 5.97. The van der Waals surface area contributed by atoms with Gasteiger partial charge in [-0.25, -0.2) is 9.97 Å². The zero-order valence-corrected chi connectivity index (χ0v) is 15.7. The van der Waals surface area contributed by atoms with Crippen LogP contribution in [0.5, 0.6) is 11.6 Å². The van der Waals surface area contributed by atoms with Crippen LogP contribution in [0.1, 0.15) is 17.5 Å². The fourth-order valence-electron chi connectivity index (χ4n) is 3.13. The Bertz CT molecular complexity index is 966. The first kappa shape index (κ1) is 18.2. The van der Waals surface area contributed by atoms with Crippen molar-refractivity contribution in [2.24, 2.45) is 0 Å². The van der Waals surface area contributed by atoms with Gasteiger partial charge in [-0.05, 0) is 12.1 Å². The van der Waals surface area contributed by atoms with Crippen LogP contribution >= 0.6 is 0 Å². The minimum atomic E-state index is -0.117. The van der Waals surface area contributed by atoms with Gasteiger partial charge in [0.1, 0.15) is 13.2 Å². The molecule has 4 rings (SSSR count). The van der Waals surface area contributed by atoms with Crippen molar-refractivity contribution in [1.82, 2.24) is 15.3 Å². The van der Waals surface area contributed by atoms with E-state index < -0.39 is 0 Å². The normalized spacial score (nSPS) is 14.2. The summed E-state index contributed by atoms with van der Waals surface area (Å²) in [6.45, 7) is 5.66. The highest BCUT2D eigenvalue weighted by Gasteiger charge is 2.17. The summed E-state index contributed by atoms with van der Waals surface area (Å²) < 4.78 is 17.3. The molecule has 2 aromatic heterocycles. The molecular formula is C20H22N4O4. The molecular weight excluding hydrogens is 360 g/mol. The van der Waals surface area contributed by atoms with Crippen molar-refractivity contribution in [2.75, 3.05) is 44.3 Å². The van der Waals surface area contributed by atoms with Crippen LogP contribution in [0.4, 0.5) is 5.82 Å². The highest BCUT2D eigenvalue weighted by atomic mass is 16.5. The van der Waals surface area contributed by atoms with Gasteiger partial charge in [-0.3, -0.25) is 4.79 Å². The molecule has 0 radical (unpaired) electrons. The summed E-state index contributed by atoms with van der Waals surface area (Å²) in [6, 6.07) is 7.28. The summed E-state index contributed by atoms with van der Waals surface area (Å²) in [5.41, 5.74) is 0.564. The number of nitrogens with zero attached hydrogens (tertiary/aromatic N) is 3. The Morgan fingerprint density at radius 2 is 1.96 bits per heavy atom. The summed E-state index contributed by atoms with van der Waals surface area (Å²) in [5.74, 6) is 2.04. The maximum atomic E-state index is 11.5. The lowest BCUT2D eigenvalue weighted by molar-refractivity contribution is 0.0989. The lowest BCUT2D eigenvalue weighted by Crippen LogP contribution is -2.44. The molecule has 146 valence electrons. The van der Waals surface area contributed by atoms with Crippen molar-refractivity contribution >= 4 is 22.6 Å². The van der Waals surface area contributed by atoms with Crippen LogP contribution in [-0.4, -0.2) is 55.1 Å². The Morgan fingerprint density at radius 1 is 1.18 bits per heavy atom. The topological polar surface area (TPSA) is 89.7 Å². The highest BCUT2D eigenvalue weighted by Crippen LogP contribution is 2.29. The standard InChI is InChI=1S/C20H22N4O4/c1-14(25)17-13-15-3-2-4-16(18(15)28-17)26-11-12-27-20-19(22-5-6-23-20)24-9-7-21-8-10-24/h2-6,13,21H,7-12H2,1H3. The van der Waals surface area contributed by atoms with Gasteiger partial charge in [-0.2, -0.15) is 0 Å². The first-order valence-corrected chi connectivity index (χ1v) is 9.28. The largest absolute Gasteiger partial charge is 0.486 e. The monoisotopic (exact) mass is 382 g/mol. The Hall–Kier alpha value is -3.13. The number of rotatable bonds is 7. The molecule has 1 fully saturated rings. The van der Waals surface area contributed by atoms with Crippen molar-refractivity contribution in [3.05, 3.63) is 42.4 Å². The van der Waals surface area contributed by atoms with Gasteiger partial charge < -0.3 is 24.1 Å². The number of para-hydroxylation sites is 1.